The maximum atomic E-state index is 11.6. The first-order chi connectivity index (χ1) is 7.27. The van der Waals surface area contributed by atoms with E-state index in [1.807, 2.05) is 13.8 Å². The van der Waals surface area contributed by atoms with Crippen LogP contribution in [0.3, 0.4) is 0 Å². The predicted molar refractivity (Wildman–Crippen MR) is 58.1 cm³/mol. The summed E-state index contributed by atoms with van der Waals surface area (Å²) >= 11 is 0. The van der Waals surface area contributed by atoms with E-state index >= 15 is 0 Å². The van der Waals surface area contributed by atoms with E-state index in [0.29, 0.717) is 19.0 Å². The van der Waals surface area contributed by atoms with Crippen LogP contribution in [0.5, 0.6) is 0 Å². The summed E-state index contributed by atoms with van der Waals surface area (Å²) in [4.78, 5) is 11.6. The Morgan fingerprint density at radius 3 is 2.53 bits per heavy atom. The molecule has 0 radical (unpaired) electrons. The van der Waals surface area contributed by atoms with Crippen LogP contribution in [0.4, 0.5) is 0 Å². The van der Waals surface area contributed by atoms with Gasteiger partial charge in [0.2, 0.25) is 5.78 Å². The molecule has 0 saturated carbocycles. The first-order valence-electron chi connectivity index (χ1n) is 4.88. The molecule has 0 saturated heterocycles. The number of carbonyl (C=O) groups is 1. The van der Waals surface area contributed by atoms with E-state index in [-0.39, 0.29) is 11.9 Å². The standard InChI is InChI=1S/C10H15O4P/c1-3-13-15(14-4-2)8-9(11)10-6-5-7-12-10/h5-7H,3-4,8H2,1-2H3. The second-order valence-electron chi connectivity index (χ2n) is 2.73. The Kier molecular flexibility index (Phi) is 5.54. The molecule has 0 aliphatic rings. The summed E-state index contributed by atoms with van der Waals surface area (Å²) in [6, 6.07) is 3.34. The van der Waals surface area contributed by atoms with Crippen molar-refractivity contribution in [3.05, 3.63) is 24.2 Å². The van der Waals surface area contributed by atoms with Gasteiger partial charge in [0.15, 0.2) is 14.1 Å². The summed E-state index contributed by atoms with van der Waals surface area (Å²) in [5.74, 6) is 0.287. The zero-order valence-electron chi connectivity index (χ0n) is 8.93. The summed E-state index contributed by atoms with van der Waals surface area (Å²) in [6.45, 7) is 4.87. The smallest absolute Gasteiger partial charge is 0.206 e. The van der Waals surface area contributed by atoms with Crippen LogP contribution in [0.15, 0.2) is 22.8 Å². The second-order valence-corrected chi connectivity index (χ2v) is 4.22. The van der Waals surface area contributed by atoms with Crippen molar-refractivity contribution in [2.45, 2.75) is 13.8 Å². The van der Waals surface area contributed by atoms with Gasteiger partial charge in [-0.05, 0) is 26.0 Å². The van der Waals surface area contributed by atoms with Crippen molar-refractivity contribution in [2.75, 3.05) is 19.4 Å². The lowest BCUT2D eigenvalue weighted by Crippen LogP contribution is -2.06. The minimum atomic E-state index is -1.11. The molecule has 1 heterocycles. The van der Waals surface area contributed by atoms with Crippen molar-refractivity contribution in [3.63, 3.8) is 0 Å². The largest absolute Gasteiger partial charge is 0.461 e. The highest BCUT2D eigenvalue weighted by atomic mass is 31.2. The van der Waals surface area contributed by atoms with Crippen LogP contribution in [-0.4, -0.2) is 25.2 Å². The summed E-state index contributed by atoms with van der Waals surface area (Å²) in [6.07, 6.45) is 1.74. The maximum Gasteiger partial charge on any atom is 0.206 e. The molecule has 0 N–H and O–H groups in total. The summed E-state index contributed by atoms with van der Waals surface area (Å²) in [5.41, 5.74) is 0. The molecule has 4 nitrogen and oxygen atoms in total. The third kappa shape index (κ3) is 4.12. The molecule has 0 atom stereocenters. The average Bonchev–Trinajstić information content (AvgIpc) is 2.71. The molecule has 0 aliphatic heterocycles. The molecule has 0 bridgehead atoms. The average molecular weight is 230 g/mol. The number of hydrogen-bond acceptors (Lipinski definition) is 4. The molecular formula is C10H15O4P. The van der Waals surface area contributed by atoms with Gasteiger partial charge in [-0.1, -0.05) is 0 Å². The van der Waals surface area contributed by atoms with Gasteiger partial charge >= 0.3 is 0 Å². The Bertz CT molecular complexity index is 278. The van der Waals surface area contributed by atoms with Crippen LogP contribution in [0.1, 0.15) is 24.4 Å². The molecule has 15 heavy (non-hydrogen) atoms. The van der Waals surface area contributed by atoms with Crippen LogP contribution in [-0.2, 0) is 9.05 Å². The topological polar surface area (TPSA) is 48.7 Å². The minimum absolute atomic E-state index is 0.0759. The van der Waals surface area contributed by atoms with E-state index in [1.165, 1.54) is 6.26 Å². The van der Waals surface area contributed by atoms with E-state index in [4.69, 9.17) is 13.5 Å². The van der Waals surface area contributed by atoms with Crippen molar-refractivity contribution in [2.24, 2.45) is 0 Å². The molecule has 0 aromatic carbocycles. The maximum absolute atomic E-state index is 11.6. The van der Waals surface area contributed by atoms with E-state index < -0.39 is 8.38 Å². The van der Waals surface area contributed by atoms with Gasteiger partial charge in [-0.2, -0.15) is 0 Å². The third-order valence-corrected chi connectivity index (χ3v) is 3.25. The van der Waals surface area contributed by atoms with E-state index in [9.17, 15) is 4.79 Å². The van der Waals surface area contributed by atoms with Gasteiger partial charge in [0.1, 0.15) is 0 Å². The van der Waals surface area contributed by atoms with Gasteiger partial charge in [0.05, 0.1) is 25.6 Å². The molecular weight excluding hydrogens is 215 g/mol. The van der Waals surface area contributed by atoms with E-state index in [0.717, 1.165) is 0 Å². The number of rotatable bonds is 7. The fraction of sp³-hybridized carbons (Fsp3) is 0.500. The van der Waals surface area contributed by atoms with Crippen LogP contribution < -0.4 is 0 Å². The van der Waals surface area contributed by atoms with Crippen LogP contribution in [0.2, 0.25) is 0 Å². The molecule has 84 valence electrons. The fourth-order valence-electron chi connectivity index (χ4n) is 1.05. The van der Waals surface area contributed by atoms with Crippen molar-refractivity contribution in [1.82, 2.24) is 0 Å². The molecule has 1 aromatic rings. The predicted octanol–water partition coefficient (Wildman–Crippen LogP) is 2.85. The van der Waals surface area contributed by atoms with Crippen molar-refractivity contribution in [3.8, 4) is 0 Å². The SMILES string of the molecule is CCOP(CC(=O)c1ccco1)OCC. The first-order valence-corrected chi connectivity index (χ1v) is 6.24. The molecule has 0 unspecified atom stereocenters. The fourth-order valence-corrected chi connectivity index (χ4v) is 2.27. The first kappa shape index (κ1) is 12.4. The van der Waals surface area contributed by atoms with Gasteiger partial charge in [-0.3, -0.25) is 4.79 Å². The minimum Gasteiger partial charge on any atom is -0.461 e. The Morgan fingerprint density at radius 2 is 2.07 bits per heavy atom. The Balaban J connectivity index is 2.47. The number of Topliss-reactive ketones (excluding diaryl/α,β-unsaturated/α-hetero) is 1. The number of furan rings is 1. The monoisotopic (exact) mass is 230 g/mol. The highest BCUT2D eigenvalue weighted by Gasteiger charge is 2.18. The molecule has 0 aliphatic carbocycles. The highest BCUT2D eigenvalue weighted by Crippen LogP contribution is 2.38. The summed E-state index contributed by atoms with van der Waals surface area (Å²) < 4.78 is 15.7. The lowest BCUT2D eigenvalue weighted by molar-refractivity contribution is 0.0984. The number of carbonyl (C=O) groups excluding carboxylic acids is 1. The molecule has 5 heteroatoms. The molecule has 1 aromatic heterocycles. The van der Waals surface area contributed by atoms with Gasteiger partial charge in [0.25, 0.3) is 0 Å². The Hall–Kier alpha value is -0.700. The highest BCUT2D eigenvalue weighted by molar-refractivity contribution is 7.48. The summed E-state index contributed by atoms with van der Waals surface area (Å²) in [7, 11) is -1.11. The number of hydrogen-bond donors (Lipinski definition) is 0. The summed E-state index contributed by atoms with van der Waals surface area (Å²) in [5, 5.41) is 0. The van der Waals surface area contributed by atoms with Gasteiger partial charge < -0.3 is 13.5 Å². The lowest BCUT2D eigenvalue weighted by atomic mass is 10.3. The van der Waals surface area contributed by atoms with E-state index in [1.54, 1.807) is 12.1 Å². The zero-order chi connectivity index (χ0) is 11.1. The van der Waals surface area contributed by atoms with E-state index in [2.05, 4.69) is 0 Å². The number of ketones is 1. The Morgan fingerprint density at radius 1 is 1.40 bits per heavy atom. The van der Waals surface area contributed by atoms with Gasteiger partial charge in [-0.25, -0.2) is 0 Å². The Labute approximate surface area is 90.5 Å². The van der Waals surface area contributed by atoms with Gasteiger partial charge in [0, 0.05) is 0 Å². The zero-order valence-corrected chi connectivity index (χ0v) is 9.83. The van der Waals surface area contributed by atoms with Gasteiger partial charge in [-0.15, -0.1) is 0 Å². The molecule has 0 spiro atoms. The molecule has 0 amide bonds. The van der Waals surface area contributed by atoms with Crippen LogP contribution in [0, 0.1) is 0 Å². The second kappa shape index (κ2) is 6.72. The van der Waals surface area contributed by atoms with Crippen molar-refractivity contribution in [1.29, 1.82) is 0 Å². The van der Waals surface area contributed by atoms with Crippen LogP contribution in [0.25, 0.3) is 0 Å². The molecule has 0 fully saturated rings. The van der Waals surface area contributed by atoms with Crippen molar-refractivity contribution < 1.29 is 18.3 Å². The quantitative estimate of drug-likeness (QED) is 0.533. The lowest BCUT2D eigenvalue weighted by Gasteiger charge is -2.13. The third-order valence-electron chi connectivity index (χ3n) is 1.61. The normalized spacial score (nSPS) is 10.9. The molecule has 1 rings (SSSR count). The van der Waals surface area contributed by atoms with Crippen molar-refractivity contribution >= 4 is 14.2 Å². The van der Waals surface area contributed by atoms with Crippen LogP contribution >= 0.6 is 8.38 Å².